The molecule has 0 saturated carbocycles. The topological polar surface area (TPSA) is 77.4 Å². The van der Waals surface area contributed by atoms with Crippen LogP contribution in [0.3, 0.4) is 0 Å². The van der Waals surface area contributed by atoms with Crippen LogP contribution >= 0.6 is 0 Å². The first-order chi connectivity index (χ1) is 3.66. The zero-order valence-corrected chi connectivity index (χ0v) is 4.03. The molecule has 0 fully saturated rings. The molecule has 1 N–H and O–H groups in total. The van der Waals surface area contributed by atoms with Crippen molar-refractivity contribution < 1.29 is 19.8 Å². The second-order valence-electron chi connectivity index (χ2n) is 1.28. The van der Waals surface area contributed by atoms with Gasteiger partial charge in [-0.2, -0.15) is 0 Å². The normalized spacial score (nSPS) is 12.6. The van der Waals surface area contributed by atoms with Gasteiger partial charge in [0.15, 0.2) is 0 Å². The molecule has 0 spiro atoms. The summed E-state index contributed by atoms with van der Waals surface area (Å²) in [5.74, 6) is -1.43. The van der Waals surface area contributed by atoms with Crippen LogP contribution in [0.25, 0.3) is 0 Å². The van der Waals surface area contributed by atoms with Gasteiger partial charge in [-0.15, -0.1) is 0 Å². The Morgan fingerprint density at radius 1 is 1.88 bits per heavy atom. The maximum atomic E-state index is 9.54. The van der Waals surface area contributed by atoms with Crippen LogP contribution in [0, 0.1) is 0 Å². The first kappa shape index (κ1) is 7.10. The number of rotatable bonds is 3. The van der Waals surface area contributed by atoms with E-state index in [1.165, 1.54) is 0 Å². The summed E-state index contributed by atoms with van der Waals surface area (Å²) in [5.41, 5.74) is 0. The van der Waals surface area contributed by atoms with Crippen LogP contribution < -0.4 is 5.11 Å². The quantitative estimate of drug-likeness (QED) is 0.421. The van der Waals surface area contributed by atoms with E-state index < -0.39 is 18.5 Å². The van der Waals surface area contributed by atoms with Gasteiger partial charge in [-0.25, -0.2) is 0 Å². The summed E-state index contributed by atoms with van der Waals surface area (Å²) >= 11 is 0. The minimum Gasteiger partial charge on any atom is -0.550 e. The first-order valence-electron chi connectivity index (χ1n) is 2.00. The first-order valence-corrected chi connectivity index (χ1v) is 2.00. The van der Waals surface area contributed by atoms with Crippen LogP contribution in [0.2, 0.25) is 0 Å². The van der Waals surface area contributed by atoms with Gasteiger partial charge < -0.3 is 19.8 Å². The average molecular weight is 117 g/mol. The molecule has 0 rings (SSSR count). The van der Waals surface area contributed by atoms with Gasteiger partial charge in [0.05, 0.1) is 0 Å². The lowest BCUT2D eigenvalue weighted by Crippen LogP contribution is -2.27. The molecule has 0 heterocycles. The van der Waals surface area contributed by atoms with Crippen molar-refractivity contribution in [3.05, 3.63) is 0 Å². The summed E-state index contributed by atoms with van der Waals surface area (Å²) in [4.78, 5) is 19.0. The molecule has 0 saturated heterocycles. The largest absolute Gasteiger partial charge is 0.550 e. The molecule has 46 valence electrons. The van der Waals surface area contributed by atoms with Crippen LogP contribution in [0.15, 0.2) is 0 Å². The Bertz CT molecular complexity index is 98.2. The molecule has 0 radical (unpaired) electrons. The highest BCUT2D eigenvalue weighted by Gasteiger charge is 1.98. The number of aliphatic hydroxyl groups excluding tert-OH is 1. The summed E-state index contributed by atoms with van der Waals surface area (Å²) in [6, 6.07) is 0. The van der Waals surface area contributed by atoms with Gasteiger partial charge >= 0.3 is 0 Å². The third-order valence-electron chi connectivity index (χ3n) is 0.533. The molecule has 1 atom stereocenters. The van der Waals surface area contributed by atoms with Crippen molar-refractivity contribution in [3.63, 3.8) is 0 Å². The third-order valence-corrected chi connectivity index (χ3v) is 0.533. The van der Waals surface area contributed by atoms with E-state index in [-0.39, 0.29) is 6.29 Å². The monoisotopic (exact) mass is 117 g/mol. The van der Waals surface area contributed by atoms with Crippen molar-refractivity contribution in [1.29, 1.82) is 0 Å². The van der Waals surface area contributed by atoms with Crippen molar-refractivity contribution in [1.82, 2.24) is 0 Å². The predicted molar refractivity (Wildman–Crippen MR) is 21.7 cm³/mol. The second-order valence-corrected chi connectivity index (χ2v) is 1.28. The van der Waals surface area contributed by atoms with Crippen molar-refractivity contribution in [3.8, 4) is 0 Å². The van der Waals surface area contributed by atoms with Crippen molar-refractivity contribution >= 4 is 12.3 Å². The van der Waals surface area contributed by atoms with Gasteiger partial charge in [0.2, 0.25) is 0 Å². The van der Waals surface area contributed by atoms with E-state index in [1.807, 2.05) is 0 Å². The van der Waals surface area contributed by atoms with Gasteiger partial charge in [0.25, 0.3) is 0 Å². The number of carboxylic acids is 1. The molecule has 0 aromatic rings. The fourth-order valence-electron chi connectivity index (χ4n) is 0.219. The molecule has 0 amide bonds. The lowest BCUT2D eigenvalue weighted by molar-refractivity contribution is -0.307. The minimum absolute atomic E-state index is 0.149. The summed E-state index contributed by atoms with van der Waals surface area (Å²) in [7, 11) is 0. The van der Waals surface area contributed by atoms with Gasteiger partial charge in [0, 0.05) is 12.4 Å². The lowest BCUT2D eigenvalue weighted by Gasteiger charge is -2.00. The molecule has 0 aliphatic heterocycles. The molecule has 0 unspecified atom stereocenters. The fraction of sp³-hybridized carbons (Fsp3) is 0.500. The van der Waals surface area contributed by atoms with Gasteiger partial charge in [-0.1, -0.05) is 0 Å². The van der Waals surface area contributed by atoms with E-state index >= 15 is 0 Å². The number of carbonyl (C=O) groups is 2. The van der Waals surface area contributed by atoms with Crippen molar-refractivity contribution in [2.75, 3.05) is 0 Å². The predicted octanol–water partition coefficient (Wildman–Crippen LogP) is -2.31. The smallest absolute Gasteiger partial charge is 0.148 e. The number of hydrogen-bond donors (Lipinski definition) is 1. The van der Waals surface area contributed by atoms with Crippen LogP contribution in [0.1, 0.15) is 6.42 Å². The molecule has 0 aromatic carbocycles. The maximum absolute atomic E-state index is 9.54. The summed E-state index contributed by atoms with van der Waals surface area (Å²) < 4.78 is 0. The van der Waals surface area contributed by atoms with Crippen LogP contribution in [-0.4, -0.2) is 23.5 Å². The van der Waals surface area contributed by atoms with Crippen LogP contribution in [0.5, 0.6) is 0 Å². The van der Waals surface area contributed by atoms with Gasteiger partial charge in [-0.05, 0) is 0 Å². The molecule has 4 heteroatoms. The molecule has 0 aliphatic carbocycles. The molecule has 8 heavy (non-hydrogen) atoms. The molecular formula is C4H5O4-. The number of carboxylic acid groups (broad SMARTS) is 1. The highest BCUT2D eigenvalue weighted by atomic mass is 16.4. The van der Waals surface area contributed by atoms with Crippen LogP contribution in [-0.2, 0) is 9.59 Å². The number of aliphatic carboxylic acids is 1. The summed E-state index contributed by atoms with van der Waals surface area (Å²) in [6.07, 6.45) is -1.89. The highest BCUT2D eigenvalue weighted by molar-refractivity contribution is 5.71. The van der Waals surface area contributed by atoms with Crippen LogP contribution in [0.4, 0.5) is 0 Å². The lowest BCUT2D eigenvalue weighted by atomic mass is 10.3. The van der Waals surface area contributed by atoms with E-state index in [4.69, 9.17) is 5.11 Å². The standard InChI is InChI=1S/C4H6O4/c5-2-3(6)1-4(7)8/h2-3,6H,1H2,(H,7,8)/p-1/t3-/m1/s1. The van der Waals surface area contributed by atoms with E-state index in [0.29, 0.717) is 0 Å². The third kappa shape index (κ3) is 3.30. The minimum atomic E-state index is -1.43. The Hall–Kier alpha value is -0.900. The zero-order chi connectivity index (χ0) is 6.57. The van der Waals surface area contributed by atoms with Crippen molar-refractivity contribution in [2.45, 2.75) is 12.5 Å². The zero-order valence-electron chi connectivity index (χ0n) is 4.03. The molecule has 0 aromatic heterocycles. The highest BCUT2D eigenvalue weighted by Crippen LogP contribution is 1.81. The second kappa shape index (κ2) is 3.15. The average Bonchev–Trinajstić information content (AvgIpc) is 1.65. The Kier molecular flexibility index (Phi) is 2.79. The Labute approximate surface area is 45.7 Å². The fourth-order valence-corrected chi connectivity index (χ4v) is 0.219. The Balaban J connectivity index is 3.38. The van der Waals surface area contributed by atoms with E-state index in [9.17, 15) is 14.7 Å². The SMILES string of the molecule is O=C[C@H](O)CC(=O)[O-]. The Morgan fingerprint density at radius 2 is 2.38 bits per heavy atom. The van der Waals surface area contributed by atoms with Crippen molar-refractivity contribution in [2.24, 2.45) is 0 Å². The van der Waals surface area contributed by atoms with E-state index in [1.54, 1.807) is 0 Å². The van der Waals surface area contributed by atoms with E-state index in [2.05, 4.69) is 0 Å². The number of hydrogen-bond acceptors (Lipinski definition) is 4. The molecule has 0 bridgehead atoms. The summed E-state index contributed by atoms with van der Waals surface area (Å²) in [5, 5.41) is 17.8. The number of aliphatic hydroxyl groups is 1. The van der Waals surface area contributed by atoms with Gasteiger partial charge in [-0.3, -0.25) is 0 Å². The molecule has 0 aliphatic rings. The molecular weight excluding hydrogens is 112 g/mol. The van der Waals surface area contributed by atoms with E-state index in [0.717, 1.165) is 0 Å². The maximum Gasteiger partial charge on any atom is 0.148 e. The van der Waals surface area contributed by atoms with Gasteiger partial charge in [0.1, 0.15) is 12.4 Å². The Morgan fingerprint density at radius 3 is 2.50 bits per heavy atom. The number of aldehydes is 1. The molecule has 4 nitrogen and oxygen atoms in total. The summed E-state index contributed by atoms with van der Waals surface area (Å²) in [6.45, 7) is 0. The number of carbonyl (C=O) groups excluding carboxylic acids is 2.